The number of halogens is 3. The first-order valence-electron chi connectivity index (χ1n) is 10.5. The second-order valence-electron chi connectivity index (χ2n) is 9.66. The number of amides is 1. The second kappa shape index (κ2) is 7.65. The smallest absolute Gasteiger partial charge is 0.404 e. The SMILES string of the molecule is CC(C)(NS(=O)(=O)c1ccccc1OC(F)(F)F)C(=O)NC1C2CC3CC(C2)CC1C3. The molecule has 5 rings (SSSR count). The number of para-hydroxylation sites is 1. The Hall–Kier alpha value is -1.81. The zero-order valence-electron chi connectivity index (χ0n) is 17.4. The molecule has 4 saturated carbocycles. The van der Waals surface area contributed by atoms with Crippen LogP contribution in [0.5, 0.6) is 5.75 Å². The van der Waals surface area contributed by atoms with Gasteiger partial charge in [0.1, 0.15) is 16.2 Å². The van der Waals surface area contributed by atoms with Gasteiger partial charge in [0.2, 0.25) is 15.9 Å². The normalized spacial score (nSPS) is 30.3. The van der Waals surface area contributed by atoms with Crippen molar-refractivity contribution in [1.82, 2.24) is 10.0 Å². The number of carbonyl (C=O) groups excluding carboxylic acids is 1. The lowest BCUT2D eigenvalue weighted by Gasteiger charge is -2.54. The number of nitrogens with one attached hydrogen (secondary N) is 2. The molecule has 0 heterocycles. The van der Waals surface area contributed by atoms with Crippen molar-refractivity contribution in [1.29, 1.82) is 0 Å². The molecule has 0 aliphatic heterocycles. The molecule has 172 valence electrons. The fourth-order valence-corrected chi connectivity index (χ4v) is 7.32. The highest BCUT2D eigenvalue weighted by molar-refractivity contribution is 7.89. The average Bonchev–Trinajstić information content (AvgIpc) is 2.62. The summed E-state index contributed by atoms with van der Waals surface area (Å²) in [5.74, 6) is 0.948. The molecule has 1 amide bonds. The maximum Gasteiger partial charge on any atom is 0.573 e. The Morgan fingerprint density at radius 1 is 1.00 bits per heavy atom. The van der Waals surface area contributed by atoms with Crippen molar-refractivity contribution in [2.24, 2.45) is 23.7 Å². The zero-order valence-corrected chi connectivity index (χ0v) is 18.2. The molecule has 4 fully saturated rings. The first-order valence-corrected chi connectivity index (χ1v) is 12.0. The van der Waals surface area contributed by atoms with E-state index in [2.05, 4.69) is 14.8 Å². The highest BCUT2D eigenvalue weighted by atomic mass is 32.2. The Morgan fingerprint density at radius 2 is 1.55 bits per heavy atom. The summed E-state index contributed by atoms with van der Waals surface area (Å²) in [6.45, 7) is 2.81. The van der Waals surface area contributed by atoms with E-state index in [4.69, 9.17) is 0 Å². The van der Waals surface area contributed by atoms with Crippen molar-refractivity contribution >= 4 is 15.9 Å². The topological polar surface area (TPSA) is 84.5 Å². The summed E-state index contributed by atoms with van der Waals surface area (Å²) in [7, 11) is -4.46. The largest absolute Gasteiger partial charge is 0.573 e. The minimum atomic E-state index is -5.04. The quantitative estimate of drug-likeness (QED) is 0.680. The number of hydrogen-bond acceptors (Lipinski definition) is 4. The van der Waals surface area contributed by atoms with E-state index in [-0.39, 0.29) is 6.04 Å². The van der Waals surface area contributed by atoms with Crippen LogP contribution in [0.4, 0.5) is 13.2 Å². The molecular formula is C21H27F3N2O4S. The molecule has 0 aromatic heterocycles. The third kappa shape index (κ3) is 4.69. The molecule has 31 heavy (non-hydrogen) atoms. The Labute approximate surface area is 180 Å². The summed E-state index contributed by atoms with van der Waals surface area (Å²) in [6, 6.07) is 4.48. The molecule has 1 aromatic rings. The lowest BCUT2D eigenvalue weighted by atomic mass is 9.54. The summed E-state index contributed by atoms with van der Waals surface area (Å²) < 4.78 is 69.9. The van der Waals surface area contributed by atoms with E-state index < -0.39 is 38.5 Å². The Morgan fingerprint density at radius 3 is 2.10 bits per heavy atom. The number of sulfonamides is 1. The van der Waals surface area contributed by atoms with Gasteiger partial charge in [0.15, 0.2) is 0 Å². The van der Waals surface area contributed by atoms with Gasteiger partial charge in [-0.1, -0.05) is 12.1 Å². The summed E-state index contributed by atoms with van der Waals surface area (Å²) >= 11 is 0. The van der Waals surface area contributed by atoms with E-state index in [1.807, 2.05) is 0 Å². The fraction of sp³-hybridized carbons (Fsp3) is 0.667. The lowest BCUT2D eigenvalue weighted by Crippen LogP contribution is -2.62. The molecule has 4 bridgehead atoms. The summed E-state index contributed by atoms with van der Waals surface area (Å²) in [5, 5.41) is 3.05. The van der Waals surface area contributed by atoms with E-state index in [1.165, 1.54) is 32.4 Å². The lowest BCUT2D eigenvalue weighted by molar-refractivity contribution is -0.275. The van der Waals surface area contributed by atoms with Crippen LogP contribution < -0.4 is 14.8 Å². The third-order valence-electron chi connectivity index (χ3n) is 6.85. The van der Waals surface area contributed by atoms with E-state index >= 15 is 0 Å². The molecule has 0 radical (unpaired) electrons. The van der Waals surface area contributed by atoms with Gasteiger partial charge in [-0.25, -0.2) is 8.42 Å². The monoisotopic (exact) mass is 460 g/mol. The van der Waals surface area contributed by atoms with Crippen molar-refractivity contribution < 1.29 is 31.1 Å². The van der Waals surface area contributed by atoms with Crippen molar-refractivity contribution in [3.8, 4) is 5.75 Å². The van der Waals surface area contributed by atoms with Gasteiger partial charge in [0.25, 0.3) is 0 Å². The van der Waals surface area contributed by atoms with Crippen LogP contribution in [0.2, 0.25) is 0 Å². The van der Waals surface area contributed by atoms with E-state index in [0.717, 1.165) is 49.7 Å². The van der Waals surface area contributed by atoms with Gasteiger partial charge >= 0.3 is 6.36 Å². The average molecular weight is 461 g/mol. The number of hydrogen-bond donors (Lipinski definition) is 2. The number of rotatable bonds is 6. The van der Waals surface area contributed by atoms with Crippen LogP contribution in [0.15, 0.2) is 29.2 Å². The number of ether oxygens (including phenoxy) is 1. The summed E-state index contributed by atoms with van der Waals surface area (Å²) in [4.78, 5) is 12.4. The maximum absolute atomic E-state index is 13.0. The van der Waals surface area contributed by atoms with Crippen molar-refractivity contribution in [3.05, 3.63) is 24.3 Å². The minimum absolute atomic E-state index is 0.0185. The van der Waals surface area contributed by atoms with Crippen molar-refractivity contribution in [3.63, 3.8) is 0 Å². The molecule has 4 aliphatic carbocycles. The van der Waals surface area contributed by atoms with Crippen molar-refractivity contribution in [2.75, 3.05) is 0 Å². The van der Waals surface area contributed by atoms with Gasteiger partial charge in [-0.05, 0) is 81.8 Å². The molecule has 4 aliphatic rings. The van der Waals surface area contributed by atoms with Gasteiger partial charge in [-0.3, -0.25) is 4.79 Å². The summed E-state index contributed by atoms with van der Waals surface area (Å²) in [6.07, 6.45) is 0.591. The molecule has 1 aromatic carbocycles. The molecule has 0 unspecified atom stereocenters. The molecular weight excluding hydrogens is 433 g/mol. The maximum atomic E-state index is 13.0. The Bertz CT molecular complexity index is 934. The zero-order chi connectivity index (χ0) is 22.6. The highest BCUT2D eigenvalue weighted by Gasteiger charge is 2.49. The standard InChI is InChI=1S/C21H27F3N2O4S/c1-20(2,19(27)25-18-14-8-12-7-13(10-14)11-15(18)9-12)26-31(28,29)17-6-4-3-5-16(17)30-21(22,23)24/h3-6,12-15,18,26H,7-11H2,1-2H3,(H,25,27). The predicted molar refractivity (Wildman–Crippen MR) is 107 cm³/mol. The minimum Gasteiger partial charge on any atom is -0.404 e. The first-order chi connectivity index (χ1) is 14.3. The van der Waals surface area contributed by atoms with Crippen molar-refractivity contribution in [2.45, 2.75) is 68.8 Å². The van der Waals surface area contributed by atoms with Crippen LogP contribution in [-0.4, -0.2) is 32.3 Å². The third-order valence-corrected chi connectivity index (χ3v) is 8.54. The molecule has 0 atom stereocenters. The van der Waals surface area contributed by atoms with Gasteiger partial charge in [0, 0.05) is 6.04 Å². The molecule has 6 nitrogen and oxygen atoms in total. The van der Waals surface area contributed by atoms with E-state index in [0.29, 0.717) is 11.8 Å². The van der Waals surface area contributed by atoms with Crippen LogP contribution in [0.3, 0.4) is 0 Å². The van der Waals surface area contributed by atoms with E-state index in [1.54, 1.807) is 0 Å². The van der Waals surface area contributed by atoms with Gasteiger partial charge in [-0.2, -0.15) is 4.72 Å². The van der Waals surface area contributed by atoms with Crippen LogP contribution >= 0.6 is 0 Å². The van der Waals surface area contributed by atoms with E-state index in [9.17, 15) is 26.4 Å². The number of carbonyl (C=O) groups is 1. The van der Waals surface area contributed by atoms with Crippen LogP contribution in [0.1, 0.15) is 46.0 Å². The number of alkyl halides is 3. The van der Waals surface area contributed by atoms with Gasteiger partial charge in [0.05, 0.1) is 0 Å². The Kier molecular flexibility index (Phi) is 5.53. The van der Waals surface area contributed by atoms with Crippen LogP contribution in [0.25, 0.3) is 0 Å². The molecule has 2 N–H and O–H groups in total. The van der Waals surface area contributed by atoms with Crippen LogP contribution in [-0.2, 0) is 14.8 Å². The van der Waals surface area contributed by atoms with Gasteiger partial charge in [-0.15, -0.1) is 13.2 Å². The second-order valence-corrected chi connectivity index (χ2v) is 11.3. The molecule has 10 heteroatoms. The van der Waals surface area contributed by atoms with Crippen LogP contribution in [0, 0.1) is 23.7 Å². The molecule has 0 saturated heterocycles. The summed E-state index contributed by atoms with van der Waals surface area (Å²) in [5.41, 5.74) is -1.56. The number of benzene rings is 1. The fourth-order valence-electron chi connectivity index (χ4n) is 5.81. The first kappa shape index (κ1) is 22.4. The highest BCUT2D eigenvalue weighted by Crippen LogP contribution is 2.53. The van der Waals surface area contributed by atoms with Gasteiger partial charge < -0.3 is 10.1 Å². The Balaban J connectivity index is 1.49. The molecule has 0 spiro atoms. The predicted octanol–water partition coefficient (Wildman–Crippen LogP) is 3.58.